The van der Waals surface area contributed by atoms with E-state index < -0.39 is 6.10 Å². The molecule has 1 fully saturated rings. The van der Waals surface area contributed by atoms with Crippen LogP contribution in [0.4, 0.5) is 0 Å². The molecule has 0 bridgehead atoms. The minimum absolute atomic E-state index is 0.0265. The van der Waals surface area contributed by atoms with Crippen molar-refractivity contribution < 1.29 is 9.90 Å². The lowest BCUT2D eigenvalue weighted by Crippen LogP contribution is -2.41. The number of fused-ring (bicyclic) bond motifs is 1. The van der Waals surface area contributed by atoms with Crippen molar-refractivity contribution in [2.24, 2.45) is 0 Å². The number of benzene rings is 1. The molecule has 3 rings (SSSR count). The van der Waals surface area contributed by atoms with Gasteiger partial charge in [0.2, 0.25) is 5.91 Å². The van der Waals surface area contributed by atoms with E-state index in [1.54, 1.807) is 0 Å². The van der Waals surface area contributed by atoms with Crippen LogP contribution in [0.3, 0.4) is 0 Å². The number of aliphatic hydroxyl groups excluding tert-OH is 1. The number of hydrogen-bond donors (Lipinski definition) is 4. The first kappa shape index (κ1) is 13.1. The number of aliphatic hydroxyl groups is 1. The van der Waals surface area contributed by atoms with Crippen molar-refractivity contribution in [3.05, 3.63) is 36.0 Å². The largest absolute Gasteiger partial charge is 0.392 e. The lowest BCUT2D eigenvalue weighted by Gasteiger charge is -2.10. The second-order valence-electron chi connectivity index (χ2n) is 5.25. The summed E-state index contributed by atoms with van der Waals surface area (Å²) in [5.41, 5.74) is 2.33. The number of carbonyl (C=O) groups is 1. The maximum Gasteiger partial charge on any atom is 0.237 e. The Labute approximate surface area is 117 Å². The molecular formula is C15H19N3O2. The number of para-hydroxylation sites is 1. The SMILES string of the molecule is O=C(NCCc1c[nH]c2ccccc12)[C@@H]1C[C@@H](O)CN1. The number of amides is 1. The van der Waals surface area contributed by atoms with Crippen molar-refractivity contribution in [2.45, 2.75) is 25.0 Å². The van der Waals surface area contributed by atoms with E-state index >= 15 is 0 Å². The molecule has 1 amide bonds. The van der Waals surface area contributed by atoms with Gasteiger partial charge in [0.1, 0.15) is 0 Å². The number of H-pyrrole nitrogens is 1. The summed E-state index contributed by atoms with van der Waals surface area (Å²) < 4.78 is 0. The zero-order valence-corrected chi connectivity index (χ0v) is 11.2. The van der Waals surface area contributed by atoms with Gasteiger partial charge in [-0.1, -0.05) is 18.2 Å². The Bertz CT molecular complexity index is 608. The van der Waals surface area contributed by atoms with Gasteiger partial charge in [-0.3, -0.25) is 4.79 Å². The second-order valence-corrected chi connectivity index (χ2v) is 5.25. The third-order valence-electron chi connectivity index (χ3n) is 3.79. The highest BCUT2D eigenvalue weighted by Gasteiger charge is 2.27. The Morgan fingerprint density at radius 2 is 2.25 bits per heavy atom. The van der Waals surface area contributed by atoms with E-state index in [1.807, 2.05) is 24.4 Å². The van der Waals surface area contributed by atoms with E-state index in [4.69, 9.17) is 0 Å². The molecule has 20 heavy (non-hydrogen) atoms. The fourth-order valence-corrected chi connectivity index (χ4v) is 2.70. The Kier molecular flexibility index (Phi) is 3.71. The zero-order valence-electron chi connectivity index (χ0n) is 11.2. The third kappa shape index (κ3) is 2.69. The van der Waals surface area contributed by atoms with Crippen LogP contribution >= 0.6 is 0 Å². The summed E-state index contributed by atoms with van der Waals surface area (Å²) in [6.07, 6.45) is 2.89. The van der Waals surface area contributed by atoms with Crippen molar-refractivity contribution in [3.8, 4) is 0 Å². The van der Waals surface area contributed by atoms with E-state index in [0.717, 1.165) is 11.9 Å². The standard InChI is InChI=1S/C15H19N3O2/c19-11-7-14(18-9-11)15(20)16-6-5-10-8-17-13-4-2-1-3-12(10)13/h1-4,8,11,14,17-19H,5-7,9H2,(H,16,20)/t11-,14+/m1/s1. The summed E-state index contributed by atoms with van der Waals surface area (Å²) in [5.74, 6) is -0.0265. The monoisotopic (exact) mass is 273 g/mol. The maximum absolute atomic E-state index is 11.9. The lowest BCUT2D eigenvalue weighted by molar-refractivity contribution is -0.122. The molecule has 1 aliphatic heterocycles. The summed E-state index contributed by atoms with van der Waals surface area (Å²) in [6, 6.07) is 7.89. The summed E-state index contributed by atoms with van der Waals surface area (Å²) in [6.45, 7) is 1.11. The Morgan fingerprint density at radius 1 is 1.40 bits per heavy atom. The molecule has 0 aliphatic carbocycles. The Hall–Kier alpha value is -1.85. The van der Waals surface area contributed by atoms with Gasteiger partial charge in [0.25, 0.3) is 0 Å². The highest BCUT2D eigenvalue weighted by molar-refractivity contribution is 5.84. The van der Waals surface area contributed by atoms with Crippen LogP contribution in [0.1, 0.15) is 12.0 Å². The van der Waals surface area contributed by atoms with Gasteiger partial charge in [-0.2, -0.15) is 0 Å². The highest BCUT2D eigenvalue weighted by atomic mass is 16.3. The molecule has 2 heterocycles. The molecule has 0 saturated carbocycles. The predicted molar refractivity (Wildman–Crippen MR) is 77.4 cm³/mol. The lowest BCUT2D eigenvalue weighted by atomic mass is 10.1. The van der Waals surface area contributed by atoms with Gasteiger partial charge in [0.15, 0.2) is 0 Å². The number of carbonyl (C=O) groups excluding carboxylic acids is 1. The fourth-order valence-electron chi connectivity index (χ4n) is 2.70. The molecule has 2 aromatic rings. The van der Waals surface area contributed by atoms with Crippen molar-refractivity contribution in [1.29, 1.82) is 0 Å². The smallest absolute Gasteiger partial charge is 0.237 e. The Morgan fingerprint density at radius 3 is 3.05 bits per heavy atom. The molecule has 106 valence electrons. The van der Waals surface area contributed by atoms with Gasteiger partial charge in [0, 0.05) is 30.2 Å². The van der Waals surface area contributed by atoms with Gasteiger partial charge >= 0.3 is 0 Å². The highest BCUT2D eigenvalue weighted by Crippen LogP contribution is 2.17. The number of nitrogens with one attached hydrogen (secondary N) is 3. The van der Waals surface area contributed by atoms with Gasteiger partial charge in [-0.15, -0.1) is 0 Å². The van der Waals surface area contributed by atoms with Crippen LogP contribution in [0.5, 0.6) is 0 Å². The molecule has 1 aromatic carbocycles. The van der Waals surface area contributed by atoms with E-state index in [1.165, 1.54) is 10.9 Å². The van der Waals surface area contributed by atoms with Gasteiger partial charge in [0.05, 0.1) is 12.1 Å². The summed E-state index contributed by atoms with van der Waals surface area (Å²) >= 11 is 0. The van der Waals surface area contributed by atoms with Crippen molar-refractivity contribution >= 4 is 16.8 Å². The van der Waals surface area contributed by atoms with Crippen LogP contribution in [0, 0.1) is 0 Å². The van der Waals surface area contributed by atoms with E-state index in [-0.39, 0.29) is 11.9 Å². The quantitative estimate of drug-likeness (QED) is 0.657. The van der Waals surface area contributed by atoms with Crippen LogP contribution in [0.25, 0.3) is 10.9 Å². The topological polar surface area (TPSA) is 77.2 Å². The maximum atomic E-state index is 11.9. The average Bonchev–Trinajstić information content (AvgIpc) is 3.06. The molecular weight excluding hydrogens is 254 g/mol. The minimum Gasteiger partial charge on any atom is -0.392 e. The summed E-state index contributed by atoms with van der Waals surface area (Å²) in [5, 5.41) is 16.5. The predicted octanol–water partition coefficient (Wildman–Crippen LogP) is 0.549. The first-order valence-corrected chi connectivity index (χ1v) is 6.98. The first-order chi connectivity index (χ1) is 9.74. The van der Waals surface area contributed by atoms with Crippen LogP contribution in [0.15, 0.2) is 30.5 Å². The molecule has 0 spiro atoms. The third-order valence-corrected chi connectivity index (χ3v) is 3.79. The molecule has 5 nitrogen and oxygen atoms in total. The van der Waals surface area contributed by atoms with Gasteiger partial charge in [-0.05, 0) is 24.5 Å². The number of aromatic amines is 1. The number of rotatable bonds is 4. The number of aromatic nitrogens is 1. The number of hydrogen-bond acceptors (Lipinski definition) is 3. The van der Waals surface area contributed by atoms with Gasteiger partial charge < -0.3 is 20.7 Å². The van der Waals surface area contributed by atoms with Crippen molar-refractivity contribution in [3.63, 3.8) is 0 Å². The molecule has 5 heteroatoms. The summed E-state index contributed by atoms with van der Waals surface area (Å²) in [4.78, 5) is 15.1. The van der Waals surface area contributed by atoms with Crippen LogP contribution < -0.4 is 10.6 Å². The normalized spacial score (nSPS) is 22.2. The number of β-amino-alcohol motifs (C(OH)–C–C–N with tert-alkyl or cyclic N) is 1. The zero-order chi connectivity index (χ0) is 13.9. The van der Waals surface area contributed by atoms with Crippen molar-refractivity contribution in [2.75, 3.05) is 13.1 Å². The molecule has 4 N–H and O–H groups in total. The second kappa shape index (κ2) is 5.64. The first-order valence-electron chi connectivity index (χ1n) is 6.98. The van der Waals surface area contributed by atoms with E-state index in [9.17, 15) is 9.90 Å². The average molecular weight is 273 g/mol. The molecule has 1 aromatic heterocycles. The van der Waals surface area contributed by atoms with Crippen molar-refractivity contribution in [1.82, 2.24) is 15.6 Å². The van der Waals surface area contributed by atoms with Crippen LogP contribution in [-0.4, -0.2) is 41.2 Å². The Balaban J connectivity index is 1.54. The fraction of sp³-hybridized carbons (Fsp3) is 0.400. The molecule has 0 unspecified atom stereocenters. The molecule has 1 saturated heterocycles. The van der Waals surface area contributed by atoms with Gasteiger partial charge in [-0.25, -0.2) is 0 Å². The molecule has 2 atom stereocenters. The minimum atomic E-state index is -0.403. The van der Waals surface area contributed by atoms with E-state index in [0.29, 0.717) is 19.5 Å². The van der Waals surface area contributed by atoms with Crippen LogP contribution in [0.2, 0.25) is 0 Å². The summed E-state index contributed by atoms with van der Waals surface area (Å²) in [7, 11) is 0. The molecule has 0 radical (unpaired) electrons. The van der Waals surface area contributed by atoms with E-state index in [2.05, 4.69) is 21.7 Å². The molecule has 1 aliphatic rings. The van der Waals surface area contributed by atoms with Crippen LogP contribution in [-0.2, 0) is 11.2 Å².